The summed E-state index contributed by atoms with van der Waals surface area (Å²) in [5.41, 5.74) is 2.12. The van der Waals surface area contributed by atoms with E-state index < -0.39 is 12.6 Å². The van der Waals surface area contributed by atoms with E-state index in [0.29, 0.717) is 6.54 Å². The van der Waals surface area contributed by atoms with E-state index in [4.69, 9.17) is 0 Å². The van der Waals surface area contributed by atoms with E-state index in [1.807, 2.05) is 18.4 Å². The Morgan fingerprint density at radius 3 is 2.74 bits per heavy atom. The zero-order valence-corrected chi connectivity index (χ0v) is 11.3. The molecule has 0 spiro atoms. The van der Waals surface area contributed by atoms with Gasteiger partial charge in [0.2, 0.25) is 0 Å². The first-order valence-corrected chi connectivity index (χ1v) is 6.74. The van der Waals surface area contributed by atoms with E-state index in [9.17, 15) is 13.2 Å². The van der Waals surface area contributed by atoms with E-state index in [-0.39, 0.29) is 12.3 Å². The number of hydrogen-bond donors (Lipinski definition) is 1. The lowest BCUT2D eigenvalue weighted by Crippen LogP contribution is -2.25. The topological polar surface area (TPSA) is 29.9 Å². The highest BCUT2D eigenvalue weighted by Gasteiger charge is 2.27. The van der Waals surface area contributed by atoms with Crippen LogP contribution < -0.4 is 5.32 Å². The summed E-state index contributed by atoms with van der Waals surface area (Å²) in [5, 5.41) is 3.24. The van der Waals surface area contributed by atoms with E-state index in [0.717, 1.165) is 36.7 Å². The molecule has 0 saturated carbocycles. The van der Waals surface area contributed by atoms with Gasteiger partial charge in [-0.3, -0.25) is 0 Å². The summed E-state index contributed by atoms with van der Waals surface area (Å²) >= 11 is 0. The smallest absolute Gasteiger partial charge is 0.331 e. The van der Waals surface area contributed by atoms with Gasteiger partial charge in [0.15, 0.2) is 0 Å². The number of alkyl halides is 3. The Balaban J connectivity index is 2.15. The number of imidazole rings is 1. The standard InChI is InChI=1S/C13H20F3N3/c1-9(2)12-18-10-8-17-6-4-11(10)19(12)7-3-5-13(14,15)16/h9,17H,3-8H2,1-2H3. The second-order valence-corrected chi connectivity index (χ2v) is 5.32. The molecule has 1 aliphatic rings. The Kier molecular flexibility index (Phi) is 4.18. The highest BCUT2D eigenvalue weighted by molar-refractivity contribution is 5.21. The summed E-state index contributed by atoms with van der Waals surface area (Å²) in [6, 6.07) is 0. The maximum Gasteiger partial charge on any atom is 0.389 e. The number of aromatic nitrogens is 2. The van der Waals surface area contributed by atoms with Crippen LogP contribution in [0.4, 0.5) is 13.2 Å². The Morgan fingerprint density at radius 2 is 2.11 bits per heavy atom. The third-order valence-electron chi connectivity index (χ3n) is 3.37. The van der Waals surface area contributed by atoms with Crippen LogP contribution in [0.2, 0.25) is 0 Å². The SMILES string of the molecule is CC(C)c1nc2c(n1CCCC(F)(F)F)CCNC2. The van der Waals surface area contributed by atoms with Crippen molar-refractivity contribution >= 4 is 0 Å². The monoisotopic (exact) mass is 275 g/mol. The average Bonchev–Trinajstić information content (AvgIpc) is 2.67. The van der Waals surface area contributed by atoms with Crippen molar-refractivity contribution in [2.75, 3.05) is 6.54 Å². The van der Waals surface area contributed by atoms with Crippen molar-refractivity contribution in [2.24, 2.45) is 0 Å². The van der Waals surface area contributed by atoms with E-state index in [1.165, 1.54) is 0 Å². The van der Waals surface area contributed by atoms with Crippen LogP contribution in [0.15, 0.2) is 0 Å². The molecule has 0 aromatic carbocycles. The molecule has 0 saturated heterocycles. The van der Waals surface area contributed by atoms with Crippen LogP contribution in [0.1, 0.15) is 49.8 Å². The van der Waals surface area contributed by atoms with Gasteiger partial charge in [-0.2, -0.15) is 13.2 Å². The van der Waals surface area contributed by atoms with E-state index >= 15 is 0 Å². The molecule has 0 unspecified atom stereocenters. The van der Waals surface area contributed by atoms with Gasteiger partial charge in [0.1, 0.15) is 5.82 Å². The Hall–Kier alpha value is -1.04. The molecule has 1 aromatic heterocycles. The second-order valence-electron chi connectivity index (χ2n) is 5.32. The fourth-order valence-electron chi connectivity index (χ4n) is 2.52. The van der Waals surface area contributed by atoms with Crippen molar-refractivity contribution in [3.05, 3.63) is 17.2 Å². The van der Waals surface area contributed by atoms with Gasteiger partial charge in [-0.15, -0.1) is 0 Å². The van der Waals surface area contributed by atoms with E-state index in [1.54, 1.807) is 0 Å². The minimum absolute atomic E-state index is 0.124. The molecule has 1 aromatic rings. The summed E-state index contributed by atoms with van der Waals surface area (Å²) in [4.78, 5) is 4.58. The number of fused-ring (bicyclic) bond motifs is 1. The molecule has 6 heteroatoms. The zero-order valence-electron chi connectivity index (χ0n) is 11.3. The summed E-state index contributed by atoms with van der Waals surface area (Å²) in [7, 11) is 0. The van der Waals surface area contributed by atoms with Crippen LogP contribution >= 0.6 is 0 Å². The third kappa shape index (κ3) is 3.49. The summed E-state index contributed by atoms with van der Waals surface area (Å²) in [6.45, 7) is 6.06. The largest absolute Gasteiger partial charge is 0.389 e. The van der Waals surface area contributed by atoms with Crippen LogP contribution in [-0.2, 0) is 19.5 Å². The molecule has 3 nitrogen and oxygen atoms in total. The molecular formula is C13H20F3N3. The lowest BCUT2D eigenvalue weighted by Gasteiger charge is -2.17. The number of rotatable bonds is 4. The molecule has 0 bridgehead atoms. The maximum absolute atomic E-state index is 12.2. The molecule has 1 aliphatic heterocycles. The number of hydrogen-bond acceptors (Lipinski definition) is 2. The minimum atomic E-state index is -4.07. The molecule has 0 aliphatic carbocycles. The van der Waals surface area contributed by atoms with Crippen LogP contribution in [-0.4, -0.2) is 22.3 Å². The Labute approximate surface area is 111 Å². The number of nitrogens with zero attached hydrogens (tertiary/aromatic N) is 2. The van der Waals surface area contributed by atoms with Crippen molar-refractivity contribution in [1.82, 2.24) is 14.9 Å². The Morgan fingerprint density at radius 1 is 1.37 bits per heavy atom. The molecule has 0 amide bonds. The van der Waals surface area contributed by atoms with E-state index in [2.05, 4.69) is 10.3 Å². The highest BCUT2D eigenvalue weighted by Crippen LogP contribution is 2.25. The molecule has 0 radical (unpaired) electrons. The van der Waals surface area contributed by atoms with Crippen molar-refractivity contribution < 1.29 is 13.2 Å². The highest BCUT2D eigenvalue weighted by atomic mass is 19.4. The maximum atomic E-state index is 12.2. The van der Waals surface area contributed by atoms with Crippen LogP contribution in [0.5, 0.6) is 0 Å². The molecule has 0 atom stereocenters. The first-order chi connectivity index (χ1) is 8.88. The van der Waals surface area contributed by atoms with Gasteiger partial charge in [-0.1, -0.05) is 13.8 Å². The van der Waals surface area contributed by atoms with Crippen molar-refractivity contribution in [3.63, 3.8) is 0 Å². The first kappa shape index (κ1) is 14.4. The van der Waals surface area contributed by atoms with Gasteiger partial charge in [-0.25, -0.2) is 4.98 Å². The quantitative estimate of drug-likeness (QED) is 0.915. The Bertz CT molecular complexity index is 435. The molecule has 1 N–H and O–H groups in total. The lowest BCUT2D eigenvalue weighted by molar-refractivity contribution is -0.135. The van der Waals surface area contributed by atoms with Crippen molar-refractivity contribution in [3.8, 4) is 0 Å². The van der Waals surface area contributed by atoms with Crippen LogP contribution in [0, 0.1) is 0 Å². The normalized spacial score (nSPS) is 15.9. The van der Waals surface area contributed by atoms with Crippen molar-refractivity contribution in [2.45, 2.75) is 58.3 Å². The van der Waals surface area contributed by atoms with Gasteiger partial charge >= 0.3 is 6.18 Å². The molecule has 0 fully saturated rings. The lowest BCUT2D eigenvalue weighted by atomic mass is 10.1. The predicted molar refractivity (Wildman–Crippen MR) is 67.0 cm³/mol. The van der Waals surface area contributed by atoms with Crippen LogP contribution in [0.3, 0.4) is 0 Å². The fourth-order valence-corrected chi connectivity index (χ4v) is 2.52. The number of halogens is 3. The average molecular weight is 275 g/mol. The van der Waals surface area contributed by atoms with Gasteiger partial charge < -0.3 is 9.88 Å². The fraction of sp³-hybridized carbons (Fsp3) is 0.769. The van der Waals surface area contributed by atoms with Gasteiger partial charge in [-0.05, 0) is 6.42 Å². The molecule has 2 heterocycles. The predicted octanol–water partition coefficient (Wildman–Crippen LogP) is 2.99. The zero-order chi connectivity index (χ0) is 14.0. The number of nitrogens with one attached hydrogen (secondary N) is 1. The van der Waals surface area contributed by atoms with Gasteiger partial charge in [0, 0.05) is 44.1 Å². The minimum Gasteiger partial charge on any atom is -0.331 e. The first-order valence-electron chi connectivity index (χ1n) is 6.74. The second kappa shape index (κ2) is 5.53. The summed E-state index contributed by atoms with van der Waals surface area (Å²) in [5.74, 6) is 1.15. The molecule has 19 heavy (non-hydrogen) atoms. The van der Waals surface area contributed by atoms with Gasteiger partial charge in [0.05, 0.1) is 5.69 Å². The third-order valence-corrected chi connectivity index (χ3v) is 3.37. The van der Waals surface area contributed by atoms with Gasteiger partial charge in [0.25, 0.3) is 0 Å². The van der Waals surface area contributed by atoms with Crippen LogP contribution in [0.25, 0.3) is 0 Å². The summed E-state index contributed by atoms with van der Waals surface area (Å²) < 4.78 is 38.7. The van der Waals surface area contributed by atoms with Crippen molar-refractivity contribution in [1.29, 1.82) is 0 Å². The molecule has 2 rings (SSSR count). The molecule has 108 valence electrons. The molecular weight excluding hydrogens is 255 g/mol. The summed E-state index contributed by atoms with van der Waals surface area (Å²) in [6.07, 6.45) is -3.82.